The van der Waals surface area contributed by atoms with Crippen LogP contribution in [0.25, 0.3) is 22.0 Å². The van der Waals surface area contributed by atoms with Crippen molar-refractivity contribution >= 4 is 16.7 Å². The molecule has 0 aliphatic carbocycles. The van der Waals surface area contributed by atoms with E-state index in [1.807, 2.05) is 31.2 Å². The molecule has 0 saturated heterocycles. The second-order valence-corrected chi connectivity index (χ2v) is 5.83. The molecule has 3 nitrogen and oxygen atoms in total. The number of fused-ring (bicyclic) bond motifs is 1. The van der Waals surface area contributed by atoms with Gasteiger partial charge in [0.05, 0.1) is 5.69 Å². The lowest BCUT2D eigenvalue weighted by Gasteiger charge is -2.12. The van der Waals surface area contributed by atoms with E-state index in [4.69, 9.17) is 0 Å². The second-order valence-electron chi connectivity index (χ2n) is 5.83. The van der Waals surface area contributed by atoms with Crippen LogP contribution in [0.5, 0.6) is 0 Å². The quantitative estimate of drug-likeness (QED) is 0.737. The molecule has 0 atom stereocenters. The summed E-state index contributed by atoms with van der Waals surface area (Å²) in [4.78, 5) is 9.16. The SMILES string of the molecule is CCNc1nc(-c2ccc(F)c3ccccc23)cc(C(C)C)n1. The van der Waals surface area contributed by atoms with Crippen molar-refractivity contribution in [2.45, 2.75) is 26.7 Å². The Balaban J connectivity index is 2.24. The second kappa shape index (κ2) is 6.32. The first-order valence-electron chi connectivity index (χ1n) is 7.90. The molecule has 0 aliphatic heterocycles. The van der Waals surface area contributed by atoms with Crippen molar-refractivity contribution in [3.63, 3.8) is 0 Å². The van der Waals surface area contributed by atoms with Crippen LogP contribution in [0.3, 0.4) is 0 Å². The standard InChI is InChI=1S/C19H20FN3/c1-4-21-19-22-17(12(2)3)11-18(23-19)15-9-10-16(20)14-8-6-5-7-13(14)15/h5-12H,4H2,1-3H3,(H,21,22,23). The Bertz CT molecular complexity index is 843. The molecule has 23 heavy (non-hydrogen) atoms. The molecule has 0 amide bonds. The maximum absolute atomic E-state index is 14.0. The molecule has 1 N–H and O–H groups in total. The summed E-state index contributed by atoms with van der Waals surface area (Å²) in [6, 6.07) is 12.8. The van der Waals surface area contributed by atoms with Crippen molar-refractivity contribution in [2.75, 3.05) is 11.9 Å². The van der Waals surface area contributed by atoms with Crippen LogP contribution in [0, 0.1) is 5.82 Å². The van der Waals surface area contributed by atoms with Gasteiger partial charge in [0.1, 0.15) is 5.82 Å². The van der Waals surface area contributed by atoms with E-state index in [1.54, 1.807) is 12.1 Å². The van der Waals surface area contributed by atoms with Crippen LogP contribution >= 0.6 is 0 Å². The van der Waals surface area contributed by atoms with Gasteiger partial charge in [-0.25, -0.2) is 14.4 Å². The van der Waals surface area contributed by atoms with E-state index in [0.29, 0.717) is 17.3 Å². The van der Waals surface area contributed by atoms with Crippen LogP contribution in [-0.2, 0) is 0 Å². The van der Waals surface area contributed by atoms with Crippen molar-refractivity contribution in [1.29, 1.82) is 0 Å². The Morgan fingerprint density at radius 3 is 2.48 bits per heavy atom. The number of anilines is 1. The average Bonchev–Trinajstić information content (AvgIpc) is 2.55. The number of hydrogen-bond acceptors (Lipinski definition) is 3. The van der Waals surface area contributed by atoms with E-state index in [-0.39, 0.29) is 5.82 Å². The first kappa shape index (κ1) is 15.4. The van der Waals surface area contributed by atoms with Gasteiger partial charge in [0, 0.05) is 23.2 Å². The third-order valence-electron chi connectivity index (χ3n) is 3.82. The van der Waals surface area contributed by atoms with E-state index >= 15 is 0 Å². The van der Waals surface area contributed by atoms with Crippen LogP contribution in [0.4, 0.5) is 10.3 Å². The molecule has 1 aromatic heterocycles. The molecule has 0 fully saturated rings. The fourth-order valence-electron chi connectivity index (χ4n) is 2.62. The Labute approximate surface area is 135 Å². The van der Waals surface area contributed by atoms with Gasteiger partial charge in [0.25, 0.3) is 0 Å². The van der Waals surface area contributed by atoms with E-state index in [2.05, 4.69) is 29.1 Å². The van der Waals surface area contributed by atoms with Crippen LogP contribution in [-0.4, -0.2) is 16.5 Å². The zero-order chi connectivity index (χ0) is 16.4. The van der Waals surface area contributed by atoms with Crippen molar-refractivity contribution < 1.29 is 4.39 Å². The molecule has 0 saturated carbocycles. The highest BCUT2D eigenvalue weighted by Crippen LogP contribution is 2.31. The summed E-state index contributed by atoms with van der Waals surface area (Å²) in [6.07, 6.45) is 0. The molecule has 0 aliphatic rings. The van der Waals surface area contributed by atoms with Gasteiger partial charge in [-0.05, 0) is 36.4 Å². The Hall–Kier alpha value is -2.49. The lowest BCUT2D eigenvalue weighted by Crippen LogP contribution is -2.06. The Morgan fingerprint density at radius 2 is 1.78 bits per heavy atom. The molecule has 0 bridgehead atoms. The summed E-state index contributed by atoms with van der Waals surface area (Å²) >= 11 is 0. The number of rotatable bonds is 4. The Kier molecular flexibility index (Phi) is 4.24. The van der Waals surface area contributed by atoms with Gasteiger partial charge in [-0.15, -0.1) is 0 Å². The number of nitrogens with one attached hydrogen (secondary N) is 1. The van der Waals surface area contributed by atoms with Gasteiger partial charge in [-0.2, -0.15) is 0 Å². The first-order chi connectivity index (χ1) is 11.1. The van der Waals surface area contributed by atoms with E-state index in [1.165, 1.54) is 6.07 Å². The minimum atomic E-state index is -0.214. The molecular weight excluding hydrogens is 289 g/mol. The summed E-state index contributed by atoms with van der Waals surface area (Å²) in [5.41, 5.74) is 2.71. The van der Waals surface area contributed by atoms with Crippen LogP contribution < -0.4 is 5.32 Å². The smallest absolute Gasteiger partial charge is 0.223 e. The molecule has 2 aromatic carbocycles. The number of nitrogens with zero attached hydrogens (tertiary/aromatic N) is 2. The highest BCUT2D eigenvalue weighted by molar-refractivity contribution is 5.96. The maximum Gasteiger partial charge on any atom is 0.223 e. The summed E-state index contributed by atoms with van der Waals surface area (Å²) in [6.45, 7) is 6.97. The zero-order valence-corrected chi connectivity index (χ0v) is 13.6. The van der Waals surface area contributed by atoms with Gasteiger partial charge in [0.15, 0.2) is 0 Å². The predicted molar refractivity (Wildman–Crippen MR) is 93.2 cm³/mol. The van der Waals surface area contributed by atoms with Crippen LogP contribution in [0.2, 0.25) is 0 Å². The number of halogens is 1. The molecule has 0 radical (unpaired) electrons. The average molecular weight is 309 g/mol. The molecule has 0 unspecified atom stereocenters. The number of benzene rings is 2. The highest BCUT2D eigenvalue weighted by atomic mass is 19.1. The van der Waals surface area contributed by atoms with Gasteiger partial charge in [0.2, 0.25) is 5.95 Å². The third kappa shape index (κ3) is 3.02. The minimum absolute atomic E-state index is 0.214. The Morgan fingerprint density at radius 1 is 1.04 bits per heavy atom. The van der Waals surface area contributed by atoms with Crippen molar-refractivity contribution in [1.82, 2.24) is 9.97 Å². The predicted octanol–water partition coefficient (Wildman–Crippen LogP) is 4.99. The molecule has 3 aromatic rings. The summed E-state index contributed by atoms with van der Waals surface area (Å²) < 4.78 is 14.0. The minimum Gasteiger partial charge on any atom is -0.354 e. The largest absolute Gasteiger partial charge is 0.354 e. The van der Waals surface area contributed by atoms with Crippen LogP contribution in [0.15, 0.2) is 42.5 Å². The van der Waals surface area contributed by atoms with E-state index in [0.717, 1.165) is 28.9 Å². The van der Waals surface area contributed by atoms with Gasteiger partial charge in [-0.3, -0.25) is 0 Å². The van der Waals surface area contributed by atoms with E-state index in [9.17, 15) is 4.39 Å². The van der Waals surface area contributed by atoms with Gasteiger partial charge >= 0.3 is 0 Å². The molecule has 118 valence electrons. The van der Waals surface area contributed by atoms with E-state index < -0.39 is 0 Å². The van der Waals surface area contributed by atoms with Crippen LogP contribution in [0.1, 0.15) is 32.4 Å². The molecule has 3 rings (SSSR count). The maximum atomic E-state index is 14.0. The topological polar surface area (TPSA) is 37.8 Å². The highest BCUT2D eigenvalue weighted by Gasteiger charge is 2.12. The molecule has 1 heterocycles. The number of hydrogen-bond donors (Lipinski definition) is 1. The first-order valence-corrected chi connectivity index (χ1v) is 7.90. The molecule has 4 heteroatoms. The fourth-order valence-corrected chi connectivity index (χ4v) is 2.62. The fraction of sp³-hybridized carbons (Fsp3) is 0.263. The van der Waals surface area contributed by atoms with Crippen molar-refractivity contribution in [3.05, 3.63) is 54.0 Å². The monoisotopic (exact) mass is 309 g/mol. The van der Waals surface area contributed by atoms with Gasteiger partial charge < -0.3 is 5.32 Å². The molecular formula is C19H20FN3. The lowest BCUT2D eigenvalue weighted by molar-refractivity contribution is 0.640. The third-order valence-corrected chi connectivity index (χ3v) is 3.82. The summed E-state index contributed by atoms with van der Waals surface area (Å²) in [5.74, 6) is 0.692. The van der Waals surface area contributed by atoms with Gasteiger partial charge in [-0.1, -0.05) is 38.1 Å². The zero-order valence-electron chi connectivity index (χ0n) is 13.6. The summed E-state index contributed by atoms with van der Waals surface area (Å²) in [7, 11) is 0. The number of aromatic nitrogens is 2. The normalized spacial score (nSPS) is 11.2. The van der Waals surface area contributed by atoms with Crippen molar-refractivity contribution in [2.24, 2.45) is 0 Å². The van der Waals surface area contributed by atoms with Crippen molar-refractivity contribution in [3.8, 4) is 11.3 Å². The molecule has 0 spiro atoms. The lowest BCUT2D eigenvalue weighted by atomic mass is 10.00. The summed E-state index contributed by atoms with van der Waals surface area (Å²) in [5, 5.41) is 4.65.